The number of benzene rings is 2. The summed E-state index contributed by atoms with van der Waals surface area (Å²) in [6.07, 6.45) is 1.48. The van der Waals surface area contributed by atoms with E-state index in [9.17, 15) is 5.11 Å². The van der Waals surface area contributed by atoms with E-state index < -0.39 is 0 Å². The van der Waals surface area contributed by atoms with Crippen molar-refractivity contribution in [1.29, 1.82) is 0 Å². The van der Waals surface area contributed by atoms with E-state index in [0.29, 0.717) is 11.2 Å². The van der Waals surface area contributed by atoms with Crippen LogP contribution in [0, 0.1) is 13.0 Å². The summed E-state index contributed by atoms with van der Waals surface area (Å²) in [7, 11) is 0. The Morgan fingerprint density at radius 2 is 2.10 bits per heavy atom. The van der Waals surface area contributed by atoms with Crippen LogP contribution in [0.15, 0.2) is 42.7 Å². The molecule has 0 amide bonds. The number of nitrogens with one attached hydrogen (secondary N) is 1. The van der Waals surface area contributed by atoms with E-state index in [-0.39, 0.29) is 38.5 Å². The first-order chi connectivity index (χ1) is 9.24. The smallest absolute Gasteiger partial charge is 0.134 e. The van der Waals surface area contributed by atoms with Crippen LogP contribution in [0.4, 0.5) is 11.5 Å². The number of anilines is 2. The quantitative estimate of drug-likeness (QED) is 0.704. The third kappa shape index (κ3) is 2.97. The van der Waals surface area contributed by atoms with Gasteiger partial charge in [-0.1, -0.05) is 5.69 Å². The Hall–Kier alpha value is -1.52. The van der Waals surface area contributed by atoms with Gasteiger partial charge in [0, 0.05) is 32.7 Å². The fourth-order valence-corrected chi connectivity index (χ4v) is 2.01. The summed E-state index contributed by atoms with van der Waals surface area (Å²) in [6, 6.07) is 14.0. The van der Waals surface area contributed by atoms with Gasteiger partial charge in [0.25, 0.3) is 0 Å². The van der Waals surface area contributed by atoms with Gasteiger partial charge in [-0.25, -0.2) is 9.97 Å². The molecule has 0 atom stereocenters. The maximum absolute atomic E-state index is 10.1. The maximum atomic E-state index is 10.1. The number of aromatic hydroxyl groups is 1. The number of rotatable bonds is 2. The molecule has 3 aromatic rings. The Bertz CT molecular complexity index is 732. The summed E-state index contributed by atoms with van der Waals surface area (Å²) in [6.45, 7) is 1.92. The molecule has 0 saturated carbocycles. The standard InChI is InChI=1S/C15H12N3O.Y/c1-10-7-12-14(13(19)8-10)15(17-9-16-12)18-11-5-3-2-4-6-11;/h2-3,5-9,19H,1H3,(H,16,17,18);/q-1;. The van der Waals surface area contributed by atoms with Gasteiger partial charge in [-0.3, -0.25) is 0 Å². The van der Waals surface area contributed by atoms with Gasteiger partial charge in [-0.15, -0.1) is 6.07 Å². The van der Waals surface area contributed by atoms with Gasteiger partial charge >= 0.3 is 0 Å². The molecule has 0 unspecified atom stereocenters. The summed E-state index contributed by atoms with van der Waals surface area (Å²) in [4.78, 5) is 8.38. The van der Waals surface area contributed by atoms with E-state index in [1.807, 2.05) is 37.3 Å². The summed E-state index contributed by atoms with van der Waals surface area (Å²) < 4.78 is 0. The van der Waals surface area contributed by atoms with E-state index in [4.69, 9.17) is 0 Å². The van der Waals surface area contributed by atoms with Crippen LogP contribution in [0.1, 0.15) is 5.56 Å². The Kier molecular flexibility index (Phi) is 4.68. The zero-order valence-electron chi connectivity index (χ0n) is 11.0. The Balaban J connectivity index is 0.00000147. The molecule has 0 fully saturated rings. The zero-order valence-corrected chi connectivity index (χ0v) is 13.8. The third-order valence-corrected chi connectivity index (χ3v) is 2.83. The molecule has 20 heavy (non-hydrogen) atoms. The Labute approximate surface area is 142 Å². The molecule has 0 aliphatic heterocycles. The van der Waals surface area contributed by atoms with Crippen LogP contribution >= 0.6 is 0 Å². The van der Waals surface area contributed by atoms with Crippen molar-refractivity contribution < 1.29 is 37.8 Å². The SMILES string of the molecule is Cc1cc(O)c2c(Nc3c[c-]ccc3)ncnc2c1.[Y]. The fourth-order valence-electron chi connectivity index (χ4n) is 2.01. The van der Waals surface area contributed by atoms with Crippen LogP contribution in [-0.4, -0.2) is 15.1 Å². The number of phenols is 1. The van der Waals surface area contributed by atoms with Crippen molar-refractivity contribution in [3.63, 3.8) is 0 Å². The van der Waals surface area contributed by atoms with Crippen molar-refractivity contribution in [2.45, 2.75) is 6.92 Å². The van der Waals surface area contributed by atoms with Crippen LogP contribution in [0.2, 0.25) is 0 Å². The van der Waals surface area contributed by atoms with Gasteiger partial charge < -0.3 is 10.4 Å². The largest absolute Gasteiger partial charge is 0.507 e. The molecule has 2 aromatic carbocycles. The Morgan fingerprint density at radius 3 is 2.85 bits per heavy atom. The van der Waals surface area contributed by atoms with E-state index in [1.165, 1.54) is 6.33 Å². The fraction of sp³-hybridized carbons (Fsp3) is 0.0667. The molecular formula is C15H12N3OY-. The number of phenolic OH excluding ortho intramolecular Hbond substituents is 1. The molecule has 1 radical (unpaired) electrons. The molecule has 97 valence electrons. The van der Waals surface area contributed by atoms with Crippen LogP contribution in [0.5, 0.6) is 5.75 Å². The van der Waals surface area contributed by atoms with Gasteiger partial charge in [0.2, 0.25) is 0 Å². The topological polar surface area (TPSA) is 58.0 Å². The van der Waals surface area contributed by atoms with E-state index >= 15 is 0 Å². The third-order valence-electron chi connectivity index (χ3n) is 2.83. The first-order valence-electron chi connectivity index (χ1n) is 5.91. The first-order valence-corrected chi connectivity index (χ1v) is 5.91. The van der Waals surface area contributed by atoms with Crippen LogP contribution in [0.25, 0.3) is 10.9 Å². The number of hydrogen-bond acceptors (Lipinski definition) is 4. The average molecular weight is 339 g/mol. The summed E-state index contributed by atoms with van der Waals surface area (Å²) in [5.41, 5.74) is 2.54. The van der Waals surface area contributed by atoms with Gasteiger partial charge in [0.05, 0.1) is 10.9 Å². The zero-order chi connectivity index (χ0) is 13.2. The predicted molar refractivity (Wildman–Crippen MR) is 74.5 cm³/mol. The normalized spacial score (nSPS) is 10.1. The number of aromatic nitrogens is 2. The van der Waals surface area contributed by atoms with E-state index in [0.717, 1.165) is 16.8 Å². The monoisotopic (exact) mass is 339 g/mol. The van der Waals surface area contributed by atoms with Gasteiger partial charge in [0.15, 0.2) is 0 Å². The van der Waals surface area contributed by atoms with Crippen molar-refractivity contribution in [3.8, 4) is 5.75 Å². The van der Waals surface area contributed by atoms with Crippen LogP contribution in [0.3, 0.4) is 0 Å². The molecular weight excluding hydrogens is 327 g/mol. The molecule has 0 spiro atoms. The molecule has 0 aliphatic rings. The van der Waals surface area contributed by atoms with Crippen molar-refractivity contribution in [3.05, 3.63) is 54.4 Å². The summed E-state index contributed by atoms with van der Waals surface area (Å²) in [5, 5.41) is 13.9. The second-order valence-electron chi connectivity index (χ2n) is 4.32. The van der Waals surface area contributed by atoms with Gasteiger partial charge in [-0.2, -0.15) is 24.3 Å². The van der Waals surface area contributed by atoms with Crippen molar-refractivity contribution in [1.82, 2.24) is 9.97 Å². The van der Waals surface area contributed by atoms with E-state index in [1.54, 1.807) is 6.07 Å². The van der Waals surface area contributed by atoms with Crippen LogP contribution in [-0.2, 0) is 32.7 Å². The number of hydrogen-bond donors (Lipinski definition) is 2. The summed E-state index contributed by atoms with van der Waals surface area (Å²) in [5.74, 6) is 0.764. The van der Waals surface area contributed by atoms with Gasteiger partial charge in [-0.05, 0) is 24.6 Å². The Morgan fingerprint density at radius 1 is 1.25 bits per heavy atom. The minimum Gasteiger partial charge on any atom is -0.507 e. The molecule has 1 aromatic heterocycles. The molecule has 0 saturated heterocycles. The molecule has 1 heterocycles. The van der Waals surface area contributed by atoms with Crippen molar-refractivity contribution in [2.24, 2.45) is 0 Å². The number of nitrogens with zero attached hydrogens (tertiary/aromatic N) is 2. The molecule has 2 N–H and O–H groups in total. The summed E-state index contributed by atoms with van der Waals surface area (Å²) >= 11 is 0. The second-order valence-corrected chi connectivity index (χ2v) is 4.32. The second kappa shape index (κ2) is 6.29. The number of fused-ring (bicyclic) bond motifs is 1. The predicted octanol–water partition coefficient (Wildman–Crippen LogP) is 3.19. The minimum absolute atomic E-state index is 0. The van der Waals surface area contributed by atoms with Crippen LogP contribution < -0.4 is 5.32 Å². The maximum Gasteiger partial charge on any atom is 0.134 e. The average Bonchev–Trinajstić information content (AvgIpc) is 2.39. The van der Waals surface area contributed by atoms with E-state index in [2.05, 4.69) is 21.4 Å². The van der Waals surface area contributed by atoms with Crippen molar-refractivity contribution >= 4 is 22.4 Å². The molecule has 3 rings (SSSR count). The molecule has 0 bridgehead atoms. The minimum atomic E-state index is 0. The van der Waals surface area contributed by atoms with Gasteiger partial charge in [0.1, 0.15) is 17.9 Å². The molecule has 0 aliphatic carbocycles. The molecule has 5 heteroatoms. The first kappa shape index (κ1) is 14.9. The molecule has 4 nitrogen and oxygen atoms in total. The van der Waals surface area contributed by atoms with Crippen molar-refractivity contribution in [2.75, 3.05) is 5.32 Å². The number of aryl methyl sites for hydroxylation is 1.